The molecule has 8 nitrogen and oxygen atoms in total. The fourth-order valence-corrected chi connectivity index (χ4v) is 4.22. The average molecular weight is 479 g/mol. The number of aromatic hydroxyl groups is 2. The van der Waals surface area contributed by atoms with Crippen molar-refractivity contribution < 1.29 is 10.2 Å². The summed E-state index contributed by atoms with van der Waals surface area (Å²) in [6.45, 7) is 9.44. The van der Waals surface area contributed by atoms with Crippen LogP contribution < -0.4 is 0 Å². The minimum absolute atomic E-state index is 0.0558. The summed E-state index contributed by atoms with van der Waals surface area (Å²) in [5.41, 5.74) is 7.03. The van der Waals surface area contributed by atoms with Crippen molar-refractivity contribution >= 4 is 17.1 Å². The molecule has 0 spiro atoms. The standard InChI is InChI=1S/C28H26N6O2/c1-5-6-9-22-19(4)29-33(30-22)25-14-17(2)12-20(27(25)35)16-21-13-18(3)15-26(28(21)36)34-31-23-10-7-8-11-24(23)32-34/h5-15,35-36H,1,16H2,2-4H3/b9-6-. The fourth-order valence-electron chi connectivity index (χ4n) is 4.22. The zero-order chi connectivity index (χ0) is 25.4. The topological polar surface area (TPSA) is 102 Å². The van der Waals surface area contributed by atoms with Crippen molar-refractivity contribution in [1.29, 1.82) is 0 Å². The lowest BCUT2D eigenvalue weighted by atomic mass is 9.98. The summed E-state index contributed by atoms with van der Waals surface area (Å²) in [6.07, 6.45) is 5.58. The van der Waals surface area contributed by atoms with Crippen LogP contribution in [0.4, 0.5) is 0 Å². The van der Waals surface area contributed by atoms with Crippen LogP contribution in [0.15, 0.2) is 67.3 Å². The zero-order valence-corrected chi connectivity index (χ0v) is 20.3. The maximum absolute atomic E-state index is 11.2. The summed E-state index contributed by atoms with van der Waals surface area (Å²) < 4.78 is 0. The Morgan fingerprint density at radius 1 is 0.778 bits per heavy atom. The Morgan fingerprint density at radius 3 is 1.83 bits per heavy atom. The molecule has 8 heteroatoms. The molecular formula is C28H26N6O2. The van der Waals surface area contributed by atoms with Crippen LogP contribution in [0.2, 0.25) is 0 Å². The summed E-state index contributed by atoms with van der Waals surface area (Å²) in [6, 6.07) is 15.0. The van der Waals surface area contributed by atoms with Crippen molar-refractivity contribution in [3.8, 4) is 22.9 Å². The highest BCUT2D eigenvalue weighted by Crippen LogP contribution is 2.34. The lowest BCUT2D eigenvalue weighted by molar-refractivity contribution is 0.455. The summed E-state index contributed by atoms with van der Waals surface area (Å²) in [4.78, 5) is 2.89. The van der Waals surface area contributed by atoms with Gasteiger partial charge in [-0.3, -0.25) is 0 Å². The molecular weight excluding hydrogens is 452 g/mol. The van der Waals surface area contributed by atoms with E-state index in [-0.39, 0.29) is 11.5 Å². The molecule has 0 amide bonds. The molecule has 2 heterocycles. The number of allylic oxidation sites excluding steroid dienone is 2. The van der Waals surface area contributed by atoms with Crippen LogP contribution in [-0.4, -0.2) is 40.2 Å². The maximum atomic E-state index is 11.2. The fraction of sp³-hybridized carbons (Fsp3) is 0.143. The van der Waals surface area contributed by atoms with Gasteiger partial charge in [-0.05, 0) is 62.2 Å². The minimum Gasteiger partial charge on any atom is -0.505 e. The number of rotatable bonds is 6. The molecule has 0 saturated carbocycles. The largest absolute Gasteiger partial charge is 0.505 e. The molecule has 5 rings (SSSR count). The van der Waals surface area contributed by atoms with E-state index in [1.807, 2.05) is 75.4 Å². The minimum atomic E-state index is 0.0558. The smallest absolute Gasteiger partial charge is 0.146 e. The van der Waals surface area contributed by atoms with E-state index in [0.717, 1.165) is 27.9 Å². The average Bonchev–Trinajstić information content (AvgIpc) is 3.45. The SMILES string of the molecule is C=C/C=C\c1nn(-c2cc(C)cc(Cc3cc(C)cc(-n4nc5ccccc5n4)c3O)c2O)nc1C. The van der Waals surface area contributed by atoms with Crippen LogP contribution in [0, 0.1) is 20.8 Å². The number of hydrogen-bond donors (Lipinski definition) is 2. The van der Waals surface area contributed by atoms with Gasteiger partial charge in [-0.15, -0.1) is 24.9 Å². The second kappa shape index (κ2) is 9.14. The second-order valence-electron chi connectivity index (χ2n) is 8.79. The van der Waals surface area contributed by atoms with E-state index >= 15 is 0 Å². The number of nitrogens with zero attached hydrogens (tertiary/aromatic N) is 6. The summed E-state index contributed by atoms with van der Waals surface area (Å²) in [7, 11) is 0. The van der Waals surface area contributed by atoms with E-state index in [2.05, 4.69) is 27.0 Å². The molecule has 0 atom stereocenters. The van der Waals surface area contributed by atoms with Crippen LogP contribution in [-0.2, 0) is 6.42 Å². The van der Waals surface area contributed by atoms with Crippen molar-refractivity contribution in [2.75, 3.05) is 0 Å². The Morgan fingerprint density at radius 2 is 1.31 bits per heavy atom. The first-order chi connectivity index (χ1) is 17.3. The van der Waals surface area contributed by atoms with E-state index in [1.165, 1.54) is 9.59 Å². The van der Waals surface area contributed by atoms with Gasteiger partial charge >= 0.3 is 0 Å². The Kier molecular flexibility index (Phi) is 5.85. The van der Waals surface area contributed by atoms with Gasteiger partial charge in [0.1, 0.15) is 39.6 Å². The summed E-state index contributed by atoms with van der Waals surface area (Å²) >= 11 is 0. The lowest BCUT2D eigenvalue weighted by Crippen LogP contribution is -2.04. The Labute approximate surface area is 208 Å². The van der Waals surface area contributed by atoms with E-state index in [4.69, 9.17) is 0 Å². The third-order valence-corrected chi connectivity index (χ3v) is 5.93. The highest BCUT2D eigenvalue weighted by molar-refractivity contribution is 5.74. The third-order valence-electron chi connectivity index (χ3n) is 5.93. The van der Waals surface area contributed by atoms with Gasteiger partial charge < -0.3 is 10.2 Å². The first kappa shape index (κ1) is 23.0. The number of hydrogen-bond acceptors (Lipinski definition) is 6. The quantitative estimate of drug-likeness (QED) is 0.328. The predicted octanol–water partition coefficient (Wildman–Crippen LogP) is 5.13. The molecule has 0 saturated heterocycles. The predicted molar refractivity (Wildman–Crippen MR) is 140 cm³/mol. The van der Waals surface area contributed by atoms with Crippen molar-refractivity contribution in [3.05, 3.63) is 101 Å². The molecule has 0 aliphatic rings. The molecule has 0 unspecified atom stereocenters. The van der Waals surface area contributed by atoms with Gasteiger partial charge in [0, 0.05) is 17.5 Å². The van der Waals surface area contributed by atoms with Crippen LogP contribution in [0.3, 0.4) is 0 Å². The first-order valence-electron chi connectivity index (χ1n) is 11.5. The molecule has 0 fully saturated rings. The second-order valence-corrected chi connectivity index (χ2v) is 8.79. The van der Waals surface area contributed by atoms with Gasteiger partial charge in [0.2, 0.25) is 0 Å². The Hall–Kier alpha value is -4.72. The normalized spacial score (nSPS) is 11.5. The number of phenols is 2. The van der Waals surface area contributed by atoms with E-state index in [9.17, 15) is 10.2 Å². The molecule has 0 radical (unpaired) electrons. The highest BCUT2D eigenvalue weighted by atomic mass is 16.3. The number of fused-ring (bicyclic) bond motifs is 1. The molecule has 0 aliphatic heterocycles. The molecule has 5 aromatic rings. The van der Waals surface area contributed by atoms with E-state index < -0.39 is 0 Å². The molecule has 0 bridgehead atoms. The van der Waals surface area contributed by atoms with Gasteiger partial charge in [0.15, 0.2) is 0 Å². The van der Waals surface area contributed by atoms with Crippen molar-refractivity contribution in [1.82, 2.24) is 30.0 Å². The van der Waals surface area contributed by atoms with Gasteiger partial charge in [-0.1, -0.05) is 43.0 Å². The van der Waals surface area contributed by atoms with E-state index in [1.54, 1.807) is 12.2 Å². The molecule has 180 valence electrons. The number of benzene rings is 3. The maximum Gasteiger partial charge on any atom is 0.146 e. The zero-order valence-electron chi connectivity index (χ0n) is 20.3. The number of aromatic nitrogens is 6. The van der Waals surface area contributed by atoms with Crippen molar-refractivity contribution in [2.45, 2.75) is 27.2 Å². The van der Waals surface area contributed by atoms with Gasteiger partial charge in [0.25, 0.3) is 0 Å². The van der Waals surface area contributed by atoms with Gasteiger partial charge in [-0.25, -0.2) is 0 Å². The van der Waals surface area contributed by atoms with Crippen molar-refractivity contribution in [3.63, 3.8) is 0 Å². The van der Waals surface area contributed by atoms with E-state index in [0.29, 0.717) is 34.6 Å². The Balaban J connectivity index is 1.56. The van der Waals surface area contributed by atoms with Crippen LogP contribution in [0.1, 0.15) is 33.6 Å². The lowest BCUT2D eigenvalue weighted by Gasteiger charge is -2.14. The number of phenolic OH excluding ortho intramolecular Hbond substituents is 2. The number of aryl methyl sites for hydroxylation is 3. The molecule has 2 aromatic heterocycles. The molecule has 0 aliphatic carbocycles. The monoisotopic (exact) mass is 478 g/mol. The molecule has 3 aromatic carbocycles. The summed E-state index contributed by atoms with van der Waals surface area (Å²) in [5.74, 6) is 0.119. The van der Waals surface area contributed by atoms with Crippen LogP contribution in [0.25, 0.3) is 28.5 Å². The van der Waals surface area contributed by atoms with Crippen molar-refractivity contribution in [2.24, 2.45) is 0 Å². The van der Waals surface area contributed by atoms with Crippen LogP contribution >= 0.6 is 0 Å². The first-order valence-corrected chi connectivity index (χ1v) is 11.5. The third kappa shape index (κ3) is 4.24. The molecule has 36 heavy (non-hydrogen) atoms. The van der Waals surface area contributed by atoms with Crippen LogP contribution in [0.5, 0.6) is 11.5 Å². The van der Waals surface area contributed by atoms with Gasteiger partial charge in [0.05, 0.1) is 5.69 Å². The highest BCUT2D eigenvalue weighted by Gasteiger charge is 2.18. The van der Waals surface area contributed by atoms with Gasteiger partial charge in [-0.2, -0.15) is 5.10 Å². The summed E-state index contributed by atoms with van der Waals surface area (Å²) in [5, 5.41) is 40.4. The Bertz CT molecular complexity index is 1610. The molecule has 2 N–H and O–H groups in total.